The molecule has 23 heavy (non-hydrogen) atoms. The molecule has 2 aromatic rings. The SMILES string of the molecule is Cc1nc2ccc(CN)cc2c(=O)n1C1CCCC(=O)NC1=O. The molecule has 1 fully saturated rings. The highest BCUT2D eigenvalue weighted by atomic mass is 16.2. The molecule has 0 aliphatic carbocycles. The highest BCUT2D eigenvalue weighted by molar-refractivity contribution is 5.98. The maximum Gasteiger partial charge on any atom is 0.262 e. The van der Waals surface area contributed by atoms with Crippen LogP contribution >= 0.6 is 0 Å². The van der Waals surface area contributed by atoms with E-state index in [1.807, 2.05) is 6.07 Å². The van der Waals surface area contributed by atoms with Crippen LogP contribution in [0.15, 0.2) is 23.0 Å². The zero-order chi connectivity index (χ0) is 16.6. The van der Waals surface area contributed by atoms with Gasteiger partial charge in [-0.2, -0.15) is 0 Å². The fraction of sp³-hybridized carbons (Fsp3) is 0.375. The van der Waals surface area contributed by atoms with Gasteiger partial charge >= 0.3 is 0 Å². The third-order valence-electron chi connectivity index (χ3n) is 4.14. The third kappa shape index (κ3) is 2.75. The van der Waals surface area contributed by atoms with Crippen molar-refractivity contribution in [1.82, 2.24) is 14.9 Å². The molecule has 1 aromatic heterocycles. The molecule has 120 valence electrons. The Bertz CT molecular complexity index is 856. The van der Waals surface area contributed by atoms with E-state index in [2.05, 4.69) is 10.3 Å². The summed E-state index contributed by atoms with van der Waals surface area (Å²) in [7, 11) is 0. The summed E-state index contributed by atoms with van der Waals surface area (Å²) in [4.78, 5) is 41.0. The second-order valence-corrected chi connectivity index (χ2v) is 5.71. The fourth-order valence-corrected chi connectivity index (χ4v) is 2.97. The molecule has 1 aliphatic heterocycles. The van der Waals surface area contributed by atoms with Crippen molar-refractivity contribution in [3.63, 3.8) is 0 Å². The van der Waals surface area contributed by atoms with Crippen LogP contribution in [0, 0.1) is 6.92 Å². The number of fused-ring (bicyclic) bond motifs is 1. The fourth-order valence-electron chi connectivity index (χ4n) is 2.97. The lowest BCUT2D eigenvalue weighted by Crippen LogP contribution is -2.39. The molecule has 1 unspecified atom stereocenters. The van der Waals surface area contributed by atoms with Crippen LogP contribution in [0.1, 0.15) is 36.7 Å². The molecule has 0 spiro atoms. The summed E-state index contributed by atoms with van der Waals surface area (Å²) in [6.07, 6.45) is 1.27. The third-order valence-corrected chi connectivity index (χ3v) is 4.14. The summed E-state index contributed by atoms with van der Waals surface area (Å²) >= 11 is 0. The number of imide groups is 1. The first-order valence-corrected chi connectivity index (χ1v) is 7.57. The zero-order valence-electron chi connectivity index (χ0n) is 12.8. The lowest BCUT2D eigenvalue weighted by Gasteiger charge is -2.19. The van der Waals surface area contributed by atoms with Crippen LogP contribution in [0.3, 0.4) is 0 Å². The van der Waals surface area contributed by atoms with Gasteiger partial charge in [0, 0.05) is 13.0 Å². The standard InChI is InChI=1S/C16H18N4O3/c1-9-18-12-6-5-10(8-17)7-11(12)16(23)20(9)13-3-2-4-14(21)19-15(13)22/h5-7,13H,2-4,8,17H2,1H3,(H,19,21,22). The number of aryl methyl sites for hydroxylation is 1. The number of nitrogens with zero attached hydrogens (tertiary/aromatic N) is 2. The summed E-state index contributed by atoms with van der Waals surface area (Å²) in [6, 6.07) is 4.58. The normalized spacial score (nSPS) is 18.8. The van der Waals surface area contributed by atoms with Gasteiger partial charge in [-0.05, 0) is 37.5 Å². The number of amides is 2. The molecular weight excluding hydrogens is 296 g/mol. The second-order valence-electron chi connectivity index (χ2n) is 5.71. The molecule has 7 heteroatoms. The molecule has 0 saturated carbocycles. The van der Waals surface area contributed by atoms with E-state index in [4.69, 9.17) is 5.73 Å². The molecule has 3 N–H and O–H groups in total. The van der Waals surface area contributed by atoms with E-state index in [1.165, 1.54) is 4.57 Å². The number of benzene rings is 1. The predicted molar refractivity (Wildman–Crippen MR) is 84.7 cm³/mol. The first-order chi connectivity index (χ1) is 11.0. The van der Waals surface area contributed by atoms with E-state index >= 15 is 0 Å². The van der Waals surface area contributed by atoms with Gasteiger partial charge in [-0.25, -0.2) is 4.98 Å². The van der Waals surface area contributed by atoms with Gasteiger partial charge in [-0.15, -0.1) is 0 Å². The van der Waals surface area contributed by atoms with Gasteiger partial charge in [0.1, 0.15) is 11.9 Å². The Balaban J connectivity index is 2.18. The molecular formula is C16H18N4O3. The second kappa shape index (κ2) is 5.92. The van der Waals surface area contributed by atoms with Crippen molar-refractivity contribution in [2.45, 2.75) is 38.8 Å². The highest BCUT2D eigenvalue weighted by Gasteiger charge is 2.28. The van der Waals surface area contributed by atoms with Crippen molar-refractivity contribution in [2.75, 3.05) is 0 Å². The van der Waals surface area contributed by atoms with E-state index in [0.29, 0.717) is 36.1 Å². The van der Waals surface area contributed by atoms with E-state index < -0.39 is 11.9 Å². The summed E-state index contributed by atoms with van der Waals surface area (Å²) < 4.78 is 1.39. The number of carbonyl (C=O) groups excluding carboxylic acids is 2. The first-order valence-electron chi connectivity index (χ1n) is 7.57. The molecule has 1 aromatic carbocycles. The summed E-state index contributed by atoms with van der Waals surface area (Å²) in [6.45, 7) is 2.01. The van der Waals surface area contributed by atoms with Crippen LogP contribution in [-0.4, -0.2) is 21.4 Å². The quantitative estimate of drug-likeness (QED) is 0.786. The van der Waals surface area contributed by atoms with Gasteiger partial charge in [0.15, 0.2) is 0 Å². The van der Waals surface area contributed by atoms with Gasteiger partial charge in [-0.3, -0.25) is 24.3 Å². The number of carbonyl (C=O) groups is 2. The molecule has 0 radical (unpaired) electrons. The predicted octanol–water partition coefficient (Wildman–Crippen LogP) is 0.531. The molecule has 1 aliphatic rings. The van der Waals surface area contributed by atoms with Crippen molar-refractivity contribution >= 4 is 22.7 Å². The molecule has 2 amide bonds. The van der Waals surface area contributed by atoms with Crippen LogP contribution in [-0.2, 0) is 16.1 Å². The number of nitrogens with two attached hydrogens (primary N) is 1. The van der Waals surface area contributed by atoms with Gasteiger partial charge in [-0.1, -0.05) is 6.07 Å². The topological polar surface area (TPSA) is 107 Å². The van der Waals surface area contributed by atoms with E-state index in [-0.39, 0.29) is 17.9 Å². The average Bonchev–Trinajstić information content (AvgIpc) is 2.68. The van der Waals surface area contributed by atoms with Gasteiger partial charge in [0.2, 0.25) is 11.8 Å². The van der Waals surface area contributed by atoms with Crippen molar-refractivity contribution in [1.29, 1.82) is 0 Å². The largest absolute Gasteiger partial charge is 0.326 e. The molecule has 1 saturated heterocycles. The first kappa shape index (κ1) is 15.4. The maximum atomic E-state index is 12.9. The summed E-state index contributed by atoms with van der Waals surface area (Å²) in [5.74, 6) is -0.298. The van der Waals surface area contributed by atoms with Crippen LogP contribution in [0.4, 0.5) is 0 Å². The highest BCUT2D eigenvalue weighted by Crippen LogP contribution is 2.20. The number of rotatable bonds is 2. The Kier molecular flexibility index (Phi) is 3.96. The van der Waals surface area contributed by atoms with E-state index in [0.717, 1.165) is 5.56 Å². The van der Waals surface area contributed by atoms with Gasteiger partial charge < -0.3 is 5.73 Å². The molecule has 1 atom stereocenters. The number of aromatic nitrogens is 2. The van der Waals surface area contributed by atoms with Crippen molar-refractivity contribution < 1.29 is 9.59 Å². The minimum atomic E-state index is -0.715. The average molecular weight is 314 g/mol. The van der Waals surface area contributed by atoms with Crippen LogP contribution < -0.4 is 16.6 Å². The Hall–Kier alpha value is -2.54. The zero-order valence-corrected chi connectivity index (χ0v) is 12.8. The minimum absolute atomic E-state index is 0.280. The Labute approximate surface area is 132 Å². The molecule has 2 heterocycles. The number of nitrogens with one attached hydrogen (secondary N) is 1. The monoisotopic (exact) mass is 314 g/mol. The van der Waals surface area contributed by atoms with E-state index in [1.54, 1.807) is 19.1 Å². The van der Waals surface area contributed by atoms with Crippen molar-refractivity contribution in [2.24, 2.45) is 5.73 Å². The lowest BCUT2D eigenvalue weighted by molar-refractivity contribution is -0.131. The van der Waals surface area contributed by atoms with Crippen molar-refractivity contribution in [3.8, 4) is 0 Å². The van der Waals surface area contributed by atoms with Gasteiger partial charge in [0.05, 0.1) is 10.9 Å². The summed E-state index contributed by atoms with van der Waals surface area (Å²) in [5.41, 5.74) is 6.75. The Morgan fingerprint density at radius 1 is 1.35 bits per heavy atom. The molecule has 7 nitrogen and oxygen atoms in total. The lowest BCUT2D eigenvalue weighted by atomic mass is 10.1. The minimum Gasteiger partial charge on any atom is -0.326 e. The Morgan fingerprint density at radius 2 is 2.13 bits per heavy atom. The summed E-state index contributed by atoms with van der Waals surface area (Å²) in [5, 5.41) is 2.76. The molecule has 3 rings (SSSR count). The Morgan fingerprint density at radius 3 is 2.87 bits per heavy atom. The number of hydrogen-bond acceptors (Lipinski definition) is 5. The van der Waals surface area contributed by atoms with Crippen LogP contribution in [0.5, 0.6) is 0 Å². The van der Waals surface area contributed by atoms with E-state index in [9.17, 15) is 14.4 Å². The smallest absolute Gasteiger partial charge is 0.262 e. The van der Waals surface area contributed by atoms with Gasteiger partial charge in [0.25, 0.3) is 5.56 Å². The maximum absolute atomic E-state index is 12.9. The molecule has 0 bridgehead atoms. The van der Waals surface area contributed by atoms with Crippen LogP contribution in [0.25, 0.3) is 10.9 Å². The number of hydrogen-bond donors (Lipinski definition) is 2. The van der Waals surface area contributed by atoms with Crippen LogP contribution in [0.2, 0.25) is 0 Å². The van der Waals surface area contributed by atoms with Crippen molar-refractivity contribution in [3.05, 3.63) is 39.9 Å².